The zero-order valence-electron chi connectivity index (χ0n) is 13.9. The molecule has 10 heteroatoms. The first-order chi connectivity index (χ1) is 12.6. The van der Waals surface area contributed by atoms with Crippen LogP contribution in [0.25, 0.3) is 0 Å². The van der Waals surface area contributed by atoms with Crippen LogP contribution in [0.5, 0.6) is 0 Å². The van der Waals surface area contributed by atoms with Gasteiger partial charge < -0.3 is 10.6 Å². The number of amides is 1. The Morgan fingerprint density at radius 1 is 1.00 bits per heavy atom. The predicted octanol–water partition coefficient (Wildman–Crippen LogP) is 4.55. The molecule has 1 amide bonds. The zero-order valence-corrected chi connectivity index (χ0v) is 15.5. The Morgan fingerprint density at radius 2 is 1.52 bits per heavy atom. The van der Waals surface area contributed by atoms with Crippen molar-refractivity contribution < 1.29 is 18.0 Å². The van der Waals surface area contributed by atoms with Gasteiger partial charge >= 0.3 is 12.1 Å². The summed E-state index contributed by atoms with van der Waals surface area (Å²) < 4.78 is 36.7. The first kappa shape index (κ1) is 20.7. The van der Waals surface area contributed by atoms with Gasteiger partial charge in [0, 0.05) is 16.4 Å². The number of anilines is 2. The van der Waals surface area contributed by atoms with E-state index in [0.29, 0.717) is 16.3 Å². The number of nitrogens with one attached hydrogen (secondary N) is 3. The molecule has 0 aliphatic rings. The number of benzene rings is 2. The summed E-state index contributed by atoms with van der Waals surface area (Å²) in [5.74, 6) is -2.03. The molecule has 0 aromatic heterocycles. The molecule has 5 nitrogen and oxygen atoms in total. The van der Waals surface area contributed by atoms with Crippen LogP contribution in [0.4, 0.5) is 24.5 Å². The summed E-state index contributed by atoms with van der Waals surface area (Å²) in [6.45, 7) is 1.70. The molecule has 2 aromatic carbocycles. The number of alkyl halides is 3. The maximum atomic E-state index is 12.2. The fourth-order valence-electron chi connectivity index (χ4n) is 1.89. The molecular formula is C17H14ClF3N4OS. The number of thiocarbonyl (C=S) groups is 1. The Morgan fingerprint density at radius 3 is 2.07 bits per heavy atom. The second kappa shape index (κ2) is 8.83. The molecule has 27 heavy (non-hydrogen) atoms. The lowest BCUT2D eigenvalue weighted by Gasteiger charge is -2.09. The van der Waals surface area contributed by atoms with Gasteiger partial charge in [-0.05, 0) is 61.1 Å². The summed E-state index contributed by atoms with van der Waals surface area (Å²) in [6.07, 6.45) is -4.94. The molecule has 2 rings (SSSR count). The number of carbonyl (C=O) groups excluding carboxylic acids is 1. The first-order valence-corrected chi connectivity index (χ1v) is 8.29. The third-order valence-corrected chi connectivity index (χ3v) is 3.69. The van der Waals surface area contributed by atoms with Crippen LogP contribution in [0.15, 0.2) is 53.6 Å². The highest BCUT2D eigenvalue weighted by atomic mass is 35.5. The second-order valence-electron chi connectivity index (χ2n) is 5.30. The molecule has 142 valence electrons. The number of hydrazone groups is 1. The average molecular weight is 415 g/mol. The number of nitrogens with zero attached hydrogens (tertiary/aromatic N) is 1. The van der Waals surface area contributed by atoms with Gasteiger partial charge in [-0.15, -0.1) is 0 Å². The van der Waals surface area contributed by atoms with Crippen LogP contribution >= 0.6 is 23.8 Å². The van der Waals surface area contributed by atoms with Crippen LogP contribution in [0.2, 0.25) is 5.02 Å². The molecule has 0 aliphatic carbocycles. The van der Waals surface area contributed by atoms with Gasteiger partial charge in [0.15, 0.2) is 5.11 Å². The topological polar surface area (TPSA) is 65.5 Å². The largest absolute Gasteiger partial charge is 0.471 e. The molecule has 2 aromatic rings. The van der Waals surface area contributed by atoms with Crippen LogP contribution < -0.4 is 16.1 Å². The van der Waals surface area contributed by atoms with Gasteiger partial charge in [0.05, 0.1) is 5.71 Å². The highest BCUT2D eigenvalue weighted by Gasteiger charge is 2.38. The molecule has 3 N–H and O–H groups in total. The molecular weight excluding hydrogens is 401 g/mol. The summed E-state index contributed by atoms with van der Waals surface area (Å²) in [4.78, 5) is 10.9. The minimum Gasteiger partial charge on any atom is -0.331 e. The van der Waals surface area contributed by atoms with Gasteiger partial charge in [-0.2, -0.15) is 18.3 Å². The van der Waals surface area contributed by atoms with E-state index in [4.69, 9.17) is 23.8 Å². The standard InChI is InChI=1S/C17H14ClF3N4OS/c1-10(24-25-16(27)23-14-8-4-12(18)5-9-14)11-2-6-13(7-3-11)22-15(26)17(19,20)21/h2-9H,1H3,(H,22,26)(H2,23,25,27)/b24-10-. The second-order valence-corrected chi connectivity index (χ2v) is 6.14. The van der Waals surface area contributed by atoms with Crippen molar-refractivity contribution in [3.8, 4) is 0 Å². The van der Waals surface area contributed by atoms with Gasteiger partial charge in [-0.25, -0.2) is 0 Å². The van der Waals surface area contributed by atoms with Crippen molar-refractivity contribution in [1.29, 1.82) is 0 Å². The first-order valence-electron chi connectivity index (χ1n) is 7.50. The van der Waals surface area contributed by atoms with E-state index in [1.165, 1.54) is 24.3 Å². The summed E-state index contributed by atoms with van der Waals surface area (Å²) in [7, 11) is 0. The number of hydrogen-bond donors (Lipinski definition) is 3. The van der Waals surface area contributed by atoms with Crippen molar-refractivity contribution in [2.24, 2.45) is 5.10 Å². The minimum absolute atomic E-state index is 0.0294. The van der Waals surface area contributed by atoms with E-state index >= 15 is 0 Å². The SMILES string of the molecule is C/C(=N/NC(=S)Nc1ccc(Cl)cc1)c1ccc(NC(=O)C(F)(F)F)cc1. The van der Waals surface area contributed by atoms with E-state index < -0.39 is 12.1 Å². The zero-order chi connectivity index (χ0) is 20.0. The molecule has 0 radical (unpaired) electrons. The maximum Gasteiger partial charge on any atom is 0.471 e. The van der Waals surface area contributed by atoms with E-state index in [1.807, 2.05) is 0 Å². The molecule has 0 saturated carbocycles. The summed E-state index contributed by atoms with van der Waals surface area (Å²) in [6, 6.07) is 12.7. The van der Waals surface area contributed by atoms with Crippen molar-refractivity contribution in [3.63, 3.8) is 0 Å². The highest BCUT2D eigenvalue weighted by Crippen LogP contribution is 2.18. The third-order valence-electron chi connectivity index (χ3n) is 3.25. The smallest absolute Gasteiger partial charge is 0.331 e. The molecule has 0 fully saturated rings. The van der Waals surface area contributed by atoms with Crippen LogP contribution in [-0.2, 0) is 4.79 Å². The number of carbonyl (C=O) groups is 1. The van der Waals surface area contributed by atoms with Gasteiger partial charge in [0.2, 0.25) is 0 Å². The van der Waals surface area contributed by atoms with Crippen molar-refractivity contribution in [2.45, 2.75) is 13.1 Å². The molecule has 0 saturated heterocycles. The lowest BCUT2D eigenvalue weighted by Crippen LogP contribution is -2.29. The quantitative estimate of drug-likeness (QED) is 0.390. The lowest BCUT2D eigenvalue weighted by molar-refractivity contribution is -0.167. The molecule has 0 atom stereocenters. The van der Waals surface area contributed by atoms with Crippen LogP contribution in [-0.4, -0.2) is 22.9 Å². The number of hydrogen-bond acceptors (Lipinski definition) is 3. The maximum absolute atomic E-state index is 12.2. The minimum atomic E-state index is -4.94. The molecule has 0 aliphatic heterocycles. The van der Waals surface area contributed by atoms with Gasteiger partial charge in [-0.1, -0.05) is 23.7 Å². The highest BCUT2D eigenvalue weighted by molar-refractivity contribution is 7.80. The summed E-state index contributed by atoms with van der Waals surface area (Å²) in [5.41, 5.74) is 4.61. The van der Waals surface area contributed by atoms with E-state index in [9.17, 15) is 18.0 Å². The molecule has 0 heterocycles. The fourth-order valence-corrected chi connectivity index (χ4v) is 2.18. The van der Waals surface area contributed by atoms with E-state index in [1.54, 1.807) is 36.5 Å². The Balaban J connectivity index is 1.94. The normalized spacial score (nSPS) is 11.7. The molecule has 0 spiro atoms. The van der Waals surface area contributed by atoms with Crippen molar-refractivity contribution in [2.75, 3.05) is 10.6 Å². The predicted molar refractivity (Wildman–Crippen MR) is 104 cm³/mol. The Labute approximate surface area is 163 Å². The molecule has 0 unspecified atom stereocenters. The van der Waals surface area contributed by atoms with E-state index in [2.05, 4.69) is 15.8 Å². The van der Waals surface area contributed by atoms with Crippen LogP contribution in [0.1, 0.15) is 12.5 Å². The monoisotopic (exact) mass is 414 g/mol. The lowest BCUT2D eigenvalue weighted by atomic mass is 10.1. The van der Waals surface area contributed by atoms with Gasteiger partial charge in [-0.3, -0.25) is 10.2 Å². The number of halogens is 4. The Hall–Kier alpha value is -2.65. The Kier molecular flexibility index (Phi) is 6.75. The van der Waals surface area contributed by atoms with Crippen LogP contribution in [0, 0.1) is 0 Å². The third kappa shape index (κ3) is 6.54. The Bertz CT molecular complexity index is 852. The number of rotatable bonds is 4. The molecule has 0 bridgehead atoms. The van der Waals surface area contributed by atoms with Crippen molar-refractivity contribution in [1.82, 2.24) is 5.43 Å². The summed E-state index contributed by atoms with van der Waals surface area (Å²) >= 11 is 10.9. The van der Waals surface area contributed by atoms with Gasteiger partial charge in [0.1, 0.15) is 0 Å². The van der Waals surface area contributed by atoms with Gasteiger partial charge in [0.25, 0.3) is 0 Å². The van der Waals surface area contributed by atoms with Crippen molar-refractivity contribution in [3.05, 3.63) is 59.1 Å². The van der Waals surface area contributed by atoms with Crippen LogP contribution in [0.3, 0.4) is 0 Å². The van der Waals surface area contributed by atoms with E-state index in [0.717, 1.165) is 5.69 Å². The van der Waals surface area contributed by atoms with E-state index in [-0.39, 0.29) is 10.8 Å². The average Bonchev–Trinajstić information content (AvgIpc) is 2.61. The summed E-state index contributed by atoms with van der Waals surface area (Å²) in [5, 5.41) is 9.65. The van der Waals surface area contributed by atoms with Crippen molar-refractivity contribution >= 4 is 51.9 Å². The fraction of sp³-hybridized carbons (Fsp3) is 0.118.